The van der Waals surface area contributed by atoms with E-state index in [-0.39, 0.29) is 12.0 Å². The van der Waals surface area contributed by atoms with Gasteiger partial charge in [-0.2, -0.15) is 0 Å². The Bertz CT molecular complexity index is 335. The number of carboxylic acids is 1. The molecule has 4 nitrogen and oxygen atoms in total. The van der Waals surface area contributed by atoms with Gasteiger partial charge in [0.25, 0.3) is 0 Å². The van der Waals surface area contributed by atoms with Gasteiger partial charge in [-0.25, -0.2) is 0 Å². The van der Waals surface area contributed by atoms with Gasteiger partial charge in [0.15, 0.2) is 0 Å². The molecule has 0 spiro atoms. The van der Waals surface area contributed by atoms with Gasteiger partial charge < -0.3 is 10.4 Å². The van der Waals surface area contributed by atoms with Crippen molar-refractivity contribution in [1.82, 2.24) is 10.2 Å². The van der Waals surface area contributed by atoms with E-state index in [0.29, 0.717) is 5.92 Å². The summed E-state index contributed by atoms with van der Waals surface area (Å²) in [5, 5.41) is 12.9. The monoisotopic (exact) mass is 252 g/mol. The Morgan fingerprint density at radius 1 is 1.50 bits per heavy atom. The van der Waals surface area contributed by atoms with Gasteiger partial charge in [0.05, 0.1) is 0 Å². The molecule has 1 saturated heterocycles. The number of carboxylic acid groups (broad SMARTS) is 1. The van der Waals surface area contributed by atoms with E-state index in [1.165, 1.54) is 5.57 Å². The second kappa shape index (κ2) is 5.85. The quantitative estimate of drug-likeness (QED) is 0.744. The molecule has 0 aromatic carbocycles. The number of piperazine rings is 1. The maximum Gasteiger partial charge on any atom is 0.321 e. The lowest BCUT2D eigenvalue weighted by Crippen LogP contribution is -2.54. The Labute approximate surface area is 109 Å². The summed E-state index contributed by atoms with van der Waals surface area (Å²) in [5.41, 5.74) is 1.35. The summed E-state index contributed by atoms with van der Waals surface area (Å²) in [4.78, 5) is 13.8. The van der Waals surface area contributed by atoms with Crippen molar-refractivity contribution >= 4 is 5.97 Å². The van der Waals surface area contributed by atoms with E-state index in [4.69, 9.17) is 0 Å². The van der Waals surface area contributed by atoms with Crippen molar-refractivity contribution in [2.24, 2.45) is 11.8 Å². The Kier molecular flexibility index (Phi) is 4.40. The molecule has 102 valence electrons. The Hall–Kier alpha value is -0.870. The van der Waals surface area contributed by atoms with Crippen LogP contribution in [0.4, 0.5) is 0 Å². The molecule has 1 fully saturated rings. The normalized spacial score (nSPS) is 31.8. The van der Waals surface area contributed by atoms with Gasteiger partial charge in [-0.05, 0) is 31.6 Å². The van der Waals surface area contributed by atoms with E-state index >= 15 is 0 Å². The van der Waals surface area contributed by atoms with E-state index in [1.807, 2.05) is 0 Å². The van der Waals surface area contributed by atoms with Crippen LogP contribution in [0.5, 0.6) is 0 Å². The highest BCUT2D eigenvalue weighted by molar-refractivity contribution is 5.74. The molecule has 0 aromatic rings. The molecular formula is C14H24N2O2. The molecule has 2 aliphatic rings. The molecule has 1 aliphatic carbocycles. The minimum absolute atomic E-state index is 0.264. The van der Waals surface area contributed by atoms with Crippen molar-refractivity contribution in [3.05, 3.63) is 11.6 Å². The zero-order valence-electron chi connectivity index (χ0n) is 11.4. The summed E-state index contributed by atoms with van der Waals surface area (Å²) in [5.74, 6) is 0.123. The molecular weight excluding hydrogens is 228 g/mol. The summed E-state index contributed by atoms with van der Waals surface area (Å²) in [6.45, 7) is 7.82. The van der Waals surface area contributed by atoms with Crippen molar-refractivity contribution in [2.75, 3.05) is 26.2 Å². The standard InChI is InChI=1S/C14H24N2O2/c1-10-7-11(2)9-12(8-10)13(14(17)18)16-5-3-15-4-6-16/h7,10,12-13,15H,3-6,8-9H2,1-2H3,(H,17,18). The summed E-state index contributed by atoms with van der Waals surface area (Å²) in [6.07, 6.45) is 4.22. The van der Waals surface area contributed by atoms with Crippen molar-refractivity contribution in [2.45, 2.75) is 32.7 Å². The summed E-state index contributed by atoms with van der Waals surface area (Å²) >= 11 is 0. The predicted octanol–water partition coefficient (Wildman–Crippen LogP) is 1.34. The first-order chi connectivity index (χ1) is 8.58. The average Bonchev–Trinajstić information content (AvgIpc) is 2.28. The molecule has 1 aliphatic heterocycles. The lowest BCUT2D eigenvalue weighted by atomic mass is 9.79. The smallest absolute Gasteiger partial charge is 0.321 e. The lowest BCUT2D eigenvalue weighted by molar-refractivity contribution is -0.146. The first-order valence-electron chi connectivity index (χ1n) is 6.93. The third kappa shape index (κ3) is 3.12. The van der Waals surface area contributed by atoms with Crippen molar-refractivity contribution < 1.29 is 9.90 Å². The summed E-state index contributed by atoms with van der Waals surface area (Å²) in [6, 6.07) is -0.307. The molecule has 0 amide bonds. The maximum absolute atomic E-state index is 11.6. The molecule has 3 unspecified atom stereocenters. The third-order valence-electron chi connectivity index (χ3n) is 4.07. The highest BCUT2D eigenvalue weighted by Gasteiger charge is 2.36. The van der Waals surface area contributed by atoms with Crippen LogP contribution in [-0.4, -0.2) is 48.2 Å². The van der Waals surface area contributed by atoms with E-state index in [9.17, 15) is 9.90 Å². The second-order valence-electron chi connectivity index (χ2n) is 5.76. The van der Waals surface area contributed by atoms with Crippen molar-refractivity contribution in [3.8, 4) is 0 Å². The van der Waals surface area contributed by atoms with Gasteiger partial charge in [0.2, 0.25) is 0 Å². The molecule has 2 rings (SSSR count). The molecule has 4 heteroatoms. The van der Waals surface area contributed by atoms with Gasteiger partial charge in [0, 0.05) is 26.2 Å². The molecule has 2 N–H and O–H groups in total. The number of hydrogen-bond acceptors (Lipinski definition) is 3. The van der Waals surface area contributed by atoms with Crippen LogP contribution in [0.2, 0.25) is 0 Å². The first kappa shape index (κ1) is 13.6. The SMILES string of the molecule is CC1=CC(C)CC(C(C(=O)O)N2CCNCC2)C1. The number of aliphatic carboxylic acids is 1. The van der Waals surface area contributed by atoms with E-state index < -0.39 is 5.97 Å². The van der Waals surface area contributed by atoms with Crippen molar-refractivity contribution in [3.63, 3.8) is 0 Å². The fourth-order valence-corrected chi connectivity index (χ4v) is 3.45. The first-order valence-corrected chi connectivity index (χ1v) is 6.93. The topological polar surface area (TPSA) is 52.6 Å². The fraction of sp³-hybridized carbons (Fsp3) is 0.786. The van der Waals surface area contributed by atoms with Crippen LogP contribution in [0.3, 0.4) is 0 Å². The maximum atomic E-state index is 11.6. The van der Waals surface area contributed by atoms with Crippen LogP contribution in [0.15, 0.2) is 11.6 Å². The number of hydrogen-bond donors (Lipinski definition) is 2. The van der Waals surface area contributed by atoms with Crippen LogP contribution in [0.25, 0.3) is 0 Å². The predicted molar refractivity (Wildman–Crippen MR) is 71.5 cm³/mol. The molecule has 0 aromatic heterocycles. The van der Waals surface area contributed by atoms with Crippen molar-refractivity contribution in [1.29, 1.82) is 0 Å². The Morgan fingerprint density at radius 2 is 2.17 bits per heavy atom. The van der Waals surface area contributed by atoms with E-state index in [2.05, 4.69) is 30.1 Å². The zero-order chi connectivity index (χ0) is 13.1. The van der Waals surface area contributed by atoms with Crippen LogP contribution in [0.1, 0.15) is 26.7 Å². The number of nitrogens with one attached hydrogen (secondary N) is 1. The summed E-state index contributed by atoms with van der Waals surface area (Å²) in [7, 11) is 0. The van der Waals surface area contributed by atoms with Crippen LogP contribution < -0.4 is 5.32 Å². The van der Waals surface area contributed by atoms with E-state index in [0.717, 1.165) is 39.0 Å². The number of carbonyl (C=O) groups is 1. The molecule has 0 saturated carbocycles. The zero-order valence-corrected chi connectivity index (χ0v) is 11.4. The van der Waals surface area contributed by atoms with Gasteiger partial charge in [-0.1, -0.05) is 18.6 Å². The van der Waals surface area contributed by atoms with E-state index in [1.54, 1.807) is 0 Å². The number of rotatable bonds is 3. The Morgan fingerprint density at radius 3 is 2.72 bits per heavy atom. The molecule has 3 atom stereocenters. The van der Waals surface area contributed by atoms with Crippen LogP contribution >= 0.6 is 0 Å². The highest BCUT2D eigenvalue weighted by Crippen LogP contribution is 2.32. The number of allylic oxidation sites excluding steroid dienone is 2. The van der Waals surface area contributed by atoms with Crippen LogP contribution in [-0.2, 0) is 4.79 Å². The van der Waals surface area contributed by atoms with Gasteiger partial charge in [0.1, 0.15) is 6.04 Å². The molecule has 1 heterocycles. The number of nitrogens with zero attached hydrogens (tertiary/aromatic N) is 1. The molecule has 0 bridgehead atoms. The lowest BCUT2D eigenvalue weighted by Gasteiger charge is -2.39. The van der Waals surface area contributed by atoms with Gasteiger partial charge in [-0.15, -0.1) is 0 Å². The second-order valence-corrected chi connectivity index (χ2v) is 5.76. The summed E-state index contributed by atoms with van der Waals surface area (Å²) < 4.78 is 0. The third-order valence-corrected chi connectivity index (χ3v) is 4.07. The highest BCUT2D eigenvalue weighted by atomic mass is 16.4. The molecule has 0 radical (unpaired) electrons. The average molecular weight is 252 g/mol. The van der Waals surface area contributed by atoms with Gasteiger partial charge in [-0.3, -0.25) is 9.69 Å². The fourth-order valence-electron chi connectivity index (χ4n) is 3.45. The largest absolute Gasteiger partial charge is 0.480 e. The van der Waals surface area contributed by atoms with Crippen LogP contribution in [0, 0.1) is 11.8 Å². The minimum atomic E-state index is -0.649. The van der Waals surface area contributed by atoms with Gasteiger partial charge >= 0.3 is 5.97 Å². The molecule has 18 heavy (non-hydrogen) atoms. The minimum Gasteiger partial charge on any atom is -0.480 e. The Balaban J connectivity index is 2.10.